The summed E-state index contributed by atoms with van der Waals surface area (Å²) in [7, 11) is -3.59. The second kappa shape index (κ2) is 7.06. The van der Waals surface area contributed by atoms with Crippen molar-refractivity contribution in [2.45, 2.75) is 38.1 Å². The highest BCUT2D eigenvalue weighted by atomic mass is 32.2. The zero-order chi connectivity index (χ0) is 17.0. The number of carbonyl (C=O) groups excluding carboxylic acids is 1. The van der Waals surface area contributed by atoms with Crippen molar-refractivity contribution in [2.24, 2.45) is 0 Å². The van der Waals surface area contributed by atoms with Gasteiger partial charge in [0.05, 0.1) is 4.90 Å². The molecule has 2 aromatic rings. The summed E-state index contributed by atoms with van der Waals surface area (Å²) in [5, 5.41) is 0. The van der Waals surface area contributed by atoms with E-state index in [0.717, 1.165) is 5.56 Å². The topological polar surface area (TPSA) is 63.2 Å². The van der Waals surface area contributed by atoms with Crippen LogP contribution in [0.25, 0.3) is 0 Å². The average Bonchev–Trinajstić information content (AvgIpc) is 2.53. The van der Waals surface area contributed by atoms with E-state index >= 15 is 0 Å². The number of Topliss-reactive ketones (excluding diaryl/α,β-unsaturated/α-hetero) is 1. The Labute approximate surface area is 137 Å². The lowest BCUT2D eigenvalue weighted by molar-refractivity contribution is 0.101. The first-order chi connectivity index (χ1) is 10.8. The van der Waals surface area contributed by atoms with Crippen LogP contribution >= 0.6 is 0 Å². The molecule has 1 N–H and O–H groups in total. The summed E-state index contributed by atoms with van der Waals surface area (Å²) in [5.41, 5.74) is 2.61. The number of benzene rings is 2. The third kappa shape index (κ3) is 4.50. The van der Waals surface area contributed by atoms with Crippen LogP contribution in [-0.4, -0.2) is 14.2 Å². The second-order valence-electron chi connectivity index (χ2n) is 5.80. The van der Waals surface area contributed by atoms with E-state index in [1.165, 1.54) is 36.8 Å². The first-order valence-electron chi connectivity index (χ1n) is 7.49. The standard InChI is InChI=1S/C18H21NO3S/c1-13(2)16-6-4-15(5-7-16)12-19-23(21,22)18-10-8-17(9-11-18)14(3)20/h4-11,13,19H,12H2,1-3H3. The van der Waals surface area contributed by atoms with E-state index in [1.54, 1.807) is 0 Å². The van der Waals surface area contributed by atoms with Gasteiger partial charge in [-0.3, -0.25) is 4.79 Å². The van der Waals surface area contributed by atoms with Crippen molar-refractivity contribution >= 4 is 15.8 Å². The molecule has 0 amide bonds. The summed E-state index contributed by atoms with van der Waals surface area (Å²) >= 11 is 0. The zero-order valence-electron chi connectivity index (χ0n) is 13.5. The van der Waals surface area contributed by atoms with Crippen molar-refractivity contribution in [2.75, 3.05) is 0 Å². The van der Waals surface area contributed by atoms with E-state index in [2.05, 4.69) is 18.6 Å². The number of sulfonamides is 1. The summed E-state index contributed by atoms with van der Waals surface area (Å²) in [6.07, 6.45) is 0. The molecule has 122 valence electrons. The van der Waals surface area contributed by atoms with E-state index in [-0.39, 0.29) is 17.2 Å². The molecule has 0 radical (unpaired) electrons. The predicted molar refractivity (Wildman–Crippen MR) is 91.0 cm³/mol. The highest BCUT2D eigenvalue weighted by Crippen LogP contribution is 2.15. The Morgan fingerprint density at radius 1 is 1.00 bits per heavy atom. The SMILES string of the molecule is CC(=O)c1ccc(S(=O)(=O)NCc2ccc(C(C)C)cc2)cc1. The molecule has 0 saturated carbocycles. The highest BCUT2D eigenvalue weighted by Gasteiger charge is 2.14. The van der Waals surface area contributed by atoms with Gasteiger partial charge in [0, 0.05) is 12.1 Å². The minimum atomic E-state index is -3.59. The number of ketones is 1. The van der Waals surface area contributed by atoms with E-state index in [9.17, 15) is 13.2 Å². The van der Waals surface area contributed by atoms with Gasteiger partial charge in [-0.05, 0) is 36.1 Å². The summed E-state index contributed by atoms with van der Waals surface area (Å²) in [6.45, 7) is 5.91. The van der Waals surface area contributed by atoms with Crippen molar-refractivity contribution in [1.82, 2.24) is 4.72 Å². The molecule has 0 aliphatic carbocycles. The maximum absolute atomic E-state index is 12.3. The third-order valence-electron chi connectivity index (χ3n) is 3.68. The number of hydrogen-bond donors (Lipinski definition) is 1. The summed E-state index contributed by atoms with van der Waals surface area (Å²) in [5.74, 6) is 0.354. The molecule has 0 aliphatic heterocycles. The predicted octanol–water partition coefficient (Wildman–Crippen LogP) is 3.49. The van der Waals surface area contributed by atoms with Crippen LogP contribution < -0.4 is 4.72 Å². The van der Waals surface area contributed by atoms with Gasteiger partial charge in [-0.15, -0.1) is 0 Å². The minimum absolute atomic E-state index is 0.0906. The summed E-state index contributed by atoms with van der Waals surface area (Å²) in [4.78, 5) is 11.4. The zero-order valence-corrected chi connectivity index (χ0v) is 14.4. The Morgan fingerprint density at radius 2 is 1.57 bits per heavy atom. The van der Waals surface area contributed by atoms with Crippen LogP contribution in [0.15, 0.2) is 53.4 Å². The molecule has 2 aromatic carbocycles. The van der Waals surface area contributed by atoms with Gasteiger partial charge in [0.2, 0.25) is 10.0 Å². The number of nitrogens with one attached hydrogen (secondary N) is 1. The molecule has 0 spiro atoms. The molecule has 0 bridgehead atoms. The fraction of sp³-hybridized carbons (Fsp3) is 0.278. The molecule has 0 heterocycles. The quantitative estimate of drug-likeness (QED) is 0.824. The van der Waals surface area contributed by atoms with Gasteiger partial charge in [0.15, 0.2) is 5.78 Å². The maximum atomic E-state index is 12.3. The minimum Gasteiger partial charge on any atom is -0.295 e. The van der Waals surface area contributed by atoms with Gasteiger partial charge in [-0.2, -0.15) is 0 Å². The van der Waals surface area contributed by atoms with Gasteiger partial charge in [-0.25, -0.2) is 13.1 Å². The normalized spacial score (nSPS) is 11.7. The average molecular weight is 331 g/mol. The molecule has 5 heteroatoms. The van der Waals surface area contributed by atoms with Crippen LogP contribution in [-0.2, 0) is 16.6 Å². The lowest BCUT2D eigenvalue weighted by Gasteiger charge is -2.09. The molecule has 2 rings (SSSR count). The van der Waals surface area contributed by atoms with Crippen LogP contribution in [0, 0.1) is 0 Å². The van der Waals surface area contributed by atoms with Crippen LogP contribution in [0.1, 0.15) is 48.2 Å². The fourth-order valence-electron chi connectivity index (χ4n) is 2.15. The third-order valence-corrected chi connectivity index (χ3v) is 5.10. The van der Waals surface area contributed by atoms with Gasteiger partial charge in [0.1, 0.15) is 0 Å². The van der Waals surface area contributed by atoms with E-state index in [0.29, 0.717) is 11.5 Å². The molecule has 0 aromatic heterocycles. The van der Waals surface area contributed by atoms with Crippen molar-refractivity contribution in [3.05, 3.63) is 65.2 Å². The van der Waals surface area contributed by atoms with Crippen LogP contribution in [0.4, 0.5) is 0 Å². The van der Waals surface area contributed by atoms with Crippen LogP contribution in [0.3, 0.4) is 0 Å². The van der Waals surface area contributed by atoms with Crippen LogP contribution in [0.5, 0.6) is 0 Å². The van der Waals surface area contributed by atoms with Crippen molar-refractivity contribution in [3.8, 4) is 0 Å². The van der Waals surface area contributed by atoms with Gasteiger partial charge in [0.25, 0.3) is 0 Å². The Kier molecular flexibility index (Phi) is 5.34. The smallest absolute Gasteiger partial charge is 0.240 e. The summed E-state index contributed by atoms with van der Waals surface area (Å²) in [6, 6.07) is 13.8. The van der Waals surface area contributed by atoms with Crippen molar-refractivity contribution in [1.29, 1.82) is 0 Å². The van der Waals surface area contributed by atoms with E-state index < -0.39 is 10.0 Å². The second-order valence-corrected chi connectivity index (χ2v) is 7.57. The lowest BCUT2D eigenvalue weighted by Crippen LogP contribution is -2.23. The van der Waals surface area contributed by atoms with Crippen molar-refractivity contribution < 1.29 is 13.2 Å². The van der Waals surface area contributed by atoms with Crippen LogP contribution in [0.2, 0.25) is 0 Å². The maximum Gasteiger partial charge on any atom is 0.240 e. The largest absolute Gasteiger partial charge is 0.295 e. The number of rotatable bonds is 6. The highest BCUT2D eigenvalue weighted by molar-refractivity contribution is 7.89. The Balaban J connectivity index is 2.07. The first kappa shape index (κ1) is 17.4. The molecule has 0 aliphatic rings. The molecular weight excluding hydrogens is 310 g/mol. The molecule has 0 atom stereocenters. The summed E-state index contributed by atoms with van der Waals surface area (Å²) < 4.78 is 27.1. The molecule has 23 heavy (non-hydrogen) atoms. The molecule has 0 saturated heterocycles. The van der Waals surface area contributed by atoms with Gasteiger partial charge < -0.3 is 0 Å². The Hall–Kier alpha value is -1.98. The molecule has 4 nitrogen and oxygen atoms in total. The Morgan fingerprint density at radius 3 is 2.04 bits per heavy atom. The molecular formula is C18H21NO3S. The fourth-order valence-corrected chi connectivity index (χ4v) is 3.17. The monoisotopic (exact) mass is 331 g/mol. The number of carbonyl (C=O) groups is 1. The molecule has 0 unspecified atom stereocenters. The molecule has 0 fully saturated rings. The van der Waals surface area contributed by atoms with E-state index in [4.69, 9.17) is 0 Å². The first-order valence-corrected chi connectivity index (χ1v) is 8.97. The Bertz CT molecular complexity index is 776. The van der Waals surface area contributed by atoms with Gasteiger partial charge in [-0.1, -0.05) is 50.2 Å². The van der Waals surface area contributed by atoms with Gasteiger partial charge >= 0.3 is 0 Å². The van der Waals surface area contributed by atoms with Crippen molar-refractivity contribution in [3.63, 3.8) is 0 Å². The lowest BCUT2D eigenvalue weighted by atomic mass is 10.0. The van der Waals surface area contributed by atoms with E-state index in [1.807, 2.05) is 24.3 Å². The number of hydrogen-bond acceptors (Lipinski definition) is 3.